The lowest BCUT2D eigenvalue weighted by atomic mass is 9.80. The number of nitrogens with zero attached hydrogens (tertiary/aromatic N) is 3. The Hall–Kier alpha value is -4.26. The van der Waals surface area contributed by atoms with E-state index in [4.69, 9.17) is 4.74 Å². The summed E-state index contributed by atoms with van der Waals surface area (Å²) in [6.45, 7) is 2.59. The molecule has 0 aliphatic carbocycles. The number of halogens is 4. The van der Waals surface area contributed by atoms with Crippen molar-refractivity contribution in [3.8, 4) is 0 Å². The number of benzene rings is 2. The summed E-state index contributed by atoms with van der Waals surface area (Å²) in [5.41, 5.74) is -1.26. The van der Waals surface area contributed by atoms with Crippen LogP contribution >= 0.6 is 0 Å². The third-order valence-corrected chi connectivity index (χ3v) is 7.38. The van der Waals surface area contributed by atoms with Crippen LogP contribution in [0, 0.1) is 5.82 Å². The van der Waals surface area contributed by atoms with Crippen LogP contribution in [0.25, 0.3) is 0 Å². The number of likely N-dealkylation sites (N-methyl/N-ethyl adjacent to an activating group) is 1. The number of carboxylic acid groups (broad SMARTS) is 1. The fraction of sp³-hybridized carbons (Fsp3) is 0.357. The van der Waals surface area contributed by atoms with E-state index in [-0.39, 0.29) is 35.2 Å². The smallest absolute Gasteiger partial charge is 0.416 e. The molecule has 13 heteroatoms. The zero-order valence-electron chi connectivity index (χ0n) is 21.8. The van der Waals surface area contributed by atoms with E-state index < -0.39 is 47.3 Å². The molecule has 41 heavy (non-hydrogen) atoms. The van der Waals surface area contributed by atoms with Crippen molar-refractivity contribution in [1.82, 2.24) is 15.1 Å². The number of hydrogen-bond acceptors (Lipinski definition) is 5. The molecule has 9 nitrogen and oxygen atoms in total. The van der Waals surface area contributed by atoms with Crippen molar-refractivity contribution in [2.24, 2.45) is 0 Å². The number of nitrogens with one attached hydrogen (secondary N) is 1. The molecule has 0 saturated carbocycles. The topological polar surface area (TPSA) is 114 Å². The molecular formula is C28H26F4N4O5. The molecule has 3 heterocycles. The number of hydrogen-bond donors (Lipinski definition) is 2. The normalized spacial score (nSPS) is 19.6. The highest BCUT2D eigenvalue weighted by atomic mass is 19.4. The number of ether oxygens (including phenoxy) is 1. The van der Waals surface area contributed by atoms with E-state index in [0.717, 1.165) is 24.3 Å². The van der Waals surface area contributed by atoms with Crippen LogP contribution in [0.4, 0.5) is 23.4 Å². The number of amides is 2. The summed E-state index contributed by atoms with van der Waals surface area (Å²) in [6, 6.07) is 7.08. The first kappa shape index (κ1) is 28.3. The van der Waals surface area contributed by atoms with Crippen molar-refractivity contribution in [2.45, 2.75) is 43.9 Å². The molecule has 1 aromatic heterocycles. The van der Waals surface area contributed by atoms with Gasteiger partial charge in [-0.3, -0.25) is 14.5 Å². The molecule has 2 atom stereocenters. The lowest BCUT2D eigenvalue weighted by Gasteiger charge is -2.39. The maximum Gasteiger partial charge on any atom is 0.416 e. The van der Waals surface area contributed by atoms with Crippen LogP contribution in [-0.4, -0.2) is 58.5 Å². The van der Waals surface area contributed by atoms with Gasteiger partial charge in [0.1, 0.15) is 17.7 Å². The zero-order valence-corrected chi connectivity index (χ0v) is 21.8. The molecule has 1 fully saturated rings. The van der Waals surface area contributed by atoms with E-state index in [2.05, 4.69) is 10.4 Å². The maximum absolute atomic E-state index is 14.0. The van der Waals surface area contributed by atoms with Crippen LogP contribution in [0.15, 0.2) is 48.5 Å². The predicted octanol–water partition coefficient (Wildman–Crippen LogP) is 4.39. The van der Waals surface area contributed by atoms with Crippen molar-refractivity contribution >= 4 is 23.6 Å². The summed E-state index contributed by atoms with van der Waals surface area (Å²) in [4.78, 5) is 41.1. The number of aromatic carboxylic acids is 1. The average molecular weight is 575 g/mol. The first-order valence-electron chi connectivity index (χ1n) is 13.0. The SMILES string of the molecule is CCN1C(=O)[C@@H](NC(=O)c2cccc(C(F)(F)F)c2)[C@@H](c2ccc(F)cc2)c2c(C(=O)O)nn(C3CCOCC3)c21. The van der Waals surface area contributed by atoms with Crippen LogP contribution in [0.5, 0.6) is 0 Å². The molecule has 0 bridgehead atoms. The molecule has 0 spiro atoms. The molecule has 0 radical (unpaired) electrons. The fourth-order valence-electron chi connectivity index (χ4n) is 5.46. The third-order valence-electron chi connectivity index (χ3n) is 7.38. The van der Waals surface area contributed by atoms with E-state index in [1.807, 2.05) is 0 Å². The minimum absolute atomic E-state index is 0.0892. The Balaban J connectivity index is 1.67. The molecule has 1 saturated heterocycles. The van der Waals surface area contributed by atoms with Gasteiger partial charge in [0.25, 0.3) is 11.8 Å². The van der Waals surface area contributed by atoms with Gasteiger partial charge in [-0.1, -0.05) is 18.2 Å². The number of carboxylic acids is 1. The van der Waals surface area contributed by atoms with Gasteiger partial charge in [0.2, 0.25) is 0 Å². The lowest BCUT2D eigenvalue weighted by molar-refractivity contribution is -0.137. The van der Waals surface area contributed by atoms with Gasteiger partial charge in [0.15, 0.2) is 5.69 Å². The number of aromatic nitrogens is 2. The van der Waals surface area contributed by atoms with Crippen LogP contribution in [0.2, 0.25) is 0 Å². The van der Waals surface area contributed by atoms with Crippen molar-refractivity contribution in [3.63, 3.8) is 0 Å². The Morgan fingerprint density at radius 3 is 2.41 bits per heavy atom. The van der Waals surface area contributed by atoms with E-state index >= 15 is 0 Å². The molecule has 216 valence electrons. The van der Waals surface area contributed by atoms with E-state index in [1.54, 1.807) is 6.92 Å². The summed E-state index contributed by atoms with van der Waals surface area (Å²) in [7, 11) is 0. The zero-order chi connectivity index (χ0) is 29.5. The molecule has 3 aromatic rings. The van der Waals surface area contributed by atoms with Gasteiger partial charge in [-0.25, -0.2) is 13.9 Å². The Morgan fingerprint density at radius 2 is 1.80 bits per heavy atom. The van der Waals surface area contributed by atoms with Crippen LogP contribution in [0.3, 0.4) is 0 Å². The summed E-state index contributed by atoms with van der Waals surface area (Å²) >= 11 is 0. The standard InChI is InChI=1S/C28H26F4N4O5/c1-2-35-25-21(23(27(39)40)34-36(25)19-10-12-41-13-11-19)20(15-6-8-18(29)9-7-15)22(26(35)38)33-24(37)16-4-3-5-17(14-16)28(30,31)32/h3-9,14,19-20,22H,2,10-13H2,1H3,(H,33,37)(H,39,40)/t20-,22-/m0/s1. The number of rotatable bonds is 6. The molecular weight excluding hydrogens is 548 g/mol. The number of fused-ring (bicyclic) bond motifs is 1. The quantitative estimate of drug-likeness (QED) is 0.423. The molecule has 2 amide bonds. The third kappa shape index (κ3) is 5.29. The van der Waals surface area contributed by atoms with Gasteiger partial charge in [-0.15, -0.1) is 0 Å². The van der Waals surface area contributed by atoms with Gasteiger partial charge in [-0.05, 0) is 55.7 Å². The van der Waals surface area contributed by atoms with E-state index in [0.29, 0.717) is 37.7 Å². The number of carbonyl (C=O) groups excluding carboxylic acids is 2. The van der Waals surface area contributed by atoms with Crippen LogP contribution < -0.4 is 10.2 Å². The molecule has 0 unspecified atom stereocenters. The molecule has 2 N–H and O–H groups in total. The largest absolute Gasteiger partial charge is 0.476 e. The summed E-state index contributed by atoms with van der Waals surface area (Å²) in [6.07, 6.45) is -3.65. The first-order chi connectivity index (χ1) is 19.5. The lowest BCUT2D eigenvalue weighted by Crippen LogP contribution is -2.55. The maximum atomic E-state index is 14.0. The van der Waals surface area contributed by atoms with Crippen molar-refractivity contribution in [2.75, 3.05) is 24.7 Å². The van der Waals surface area contributed by atoms with Crippen molar-refractivity contribution in [3.05, 3.63) is 82.3 Å². The van der Waals surface area contributed by atoms with E-state index in [9.17, 15) is 37.1 Å². The summed E-state index contributed by atoms with van der Waals surface area (Å²) in [5, 5.41) is 17.1. The fourth-order valence-corrected chi connectivity index (χ4v) is 5.46. The first-order valence-corrected chi connectivity index (χ1v) is 13.0. The highest BCUT2D eigenvalue weighted by molar-refractivity contribution is 6.06. The van der Waals surface area contributed by atoms with Crippen molar-refractivity contribution < 1.29 is 41.8 Å². The van der Waals surface area contributed by atoms with Gasteiger partial charge >= 0.3 is 12.1 Å². The van der Waals surface area contributed by atoms with Crippen LogP contribution in [-0.2, 0) is 15.7 Å². The summed E-state index contributed by atoms with van der Waals surface area (Å²) < 4.78 is 60.8. The predicted molar refractivity (Wildman–Crippen MR) is 137 cm³/mol. The highest BCUT2D eigenvalue weighted by Gasteiger charge is 2.48. The number of alkyl halides is 3. The molecule has 2 aliphatic heterocycles. The minimum atomic E-state index is -4.70. The second-order valence-electron chi connectivity index (χ2n) is 9.82. The van der Waals surface area contributed by atoms with Crippen molar-refractivity contribution in [1.29, 1.82) is 0 Å². The second kappa shape index (κ2) is 11.0. The molecule has 2 aliphatic rings. The van der Waals surface area contributed by atoms with Gasteiger partial charge in [0, 0.05) is 36.8 Å². The van der Waals surface area contributed by atoms with E-state index in [1.165, 1.54) is 27.8 Å². The minimum Gasteiger partial charge on any atom is -0.476 e. The van der Waals surface area contributed by atoms with Gasteiger partial charge in [-0.2, -0.15) is 18.3 Å². The Labute approximate surface area is 231 Å². The number of anilines is 1. The Morgan fingerprint density at radius 1 is 1.12 bits per heavy atom. The average Bonchev–Trinajstić information content (AvgIpc) is 3.34. The van der Waals surface area contributed by atoms with Gasteiger partial charge < -0.3 is 15.2 Å². The molecule has 5 rings (SSSR count). The van der Waals surface area contributed by atoms with Crippen LogP contribution in [0.1, 0.15) is 69.3 Å². The summed E-state index contributed by atoms with van der Waals surface area (Å²) in [5.74, 6) is -4.40. The Kier molecular flexibility index (Phi) is 7.56. The van der Waals surface area contributed by atoms with Gasteiger partial charge in [0.05, 0.1) is 11.6 Å². The molecule has 2 aromatic carbocycles. The number of carbonyl (C=O) groups is 3. The Bertz CT molecular complexity index is 1480. The second-order valence-corrected chi connectivity index (χ2v) is 9.82. The highest BCUT2D eigenvalue weighted by Crippen LogP contribution is 2.44. The monoisotopic (exact) mass is 574 g/mol.